The van der Waals surface area contributed by atoms with Crippen LogP contribution in [0.3, 0.4) is 0 Å². The molecule has 46 heavy (non-hydrogen) atoms. The van der Waals surface area contributed by atoms with Crippen molar-refractivity contribution < 1.29 is 24.0 Å². The number of nitro benzene ring substituents is 1. The number of nitrogens with one attached hydrogen (secondary N) is 1. The van der Waals surface area contributed by atoms with Gasteiger partial charge in [0, 0.05) is 39.6 Å². The van der Waals surface area contributed by atoms with Gasteiger partial charge in [0.05, 0.1) is 28.7 Å². The van der Waals surface area contributed by atoms with Crippen LogP contribution in [0.4, 0.5) is 17.1 Å². The molecule has 7 rings (SSSR count). The summed E-state index contributed by atoms with van der Waals surface area (Å²) in [6.45, 7) is -0.300. The van der Waals surface area contributed by atoms with Gasteiger partial charge in [0.25, 0.3) is 5.69 Å². The van der Waals surface area contributed by atoms with E-state index in [1.54, 1.807) is 30.3 Å². The molecule has 5 aromatic rings. The van der Waals surface area contributed by atoms with Crippen LogP contribution >= 0.6 is 23.1 Å². The molecule has 13 heteroatoms. The van der Waals surface area contributed by atoms with Crippen molar-refractivity contribution in [3.8, 4) is 5.75 Å². The first kappa shape index (κ1) is 29.4. The highest BCUT2D eigenvalue weighted by molar-refractivity contribution is 8.00. The Kier molecular flexibility index (Phi) is 7.41. The molecule has 2 aliphatic rings. The first-order valence-electron chi connectivity index (χ1n) is 14.2. The minimum absolute atomic E-state index is 0.172. The van der Waals surface area contributed by atoms with E-state index in [4.69, 9.17) is 4.74 Å². The summed E-state index contributed by atoms with van der Waals surface area (Å²) in [6.07, 6.45) is 0. The third-order valence-corrected chi connectivity index (χ3v) is 10.8. The number of non-ortho nitro benzene ring substituents is 1. The van der Waals surface area contributed by atoms with Gasteiger partial charge in [-0.05, 0) is 29.7 Å². The number of hydrogen-bond donors (Lipinski definition) is 1. The molecule has 4 aromatic carbocycles. The summed E-state index contributed by atoms with van der Waals surface area (Å²) >= 11 is 2.03. The van der Waals surface area contributed by atoms with Crippen LogP contribution in [-0.2, 0) is 20.9 Å². The molecule has 1 N–H and O–H groups in total. The summed E-state index contributed by atoms with van der Waals surface area (Å²) in [4.78, 5) is 66.9. The molecular formula is C33H24N4O7S2. The number of carbonyl (C=O) groups is 3. The molecule has 0 spiro atoms. The number of fused-ring (bicyclic) bond motifs is 3. The van der Waals surface area contributed by atoms with Gasteiger partial charge in [0.15, 0.2) is 0 Å². The highest BCUT2D eigenvalue weighted by Crippen LogP contribution is 2.55. The van der Waals surface area contributed by atoms with E-state index in [0.717, 1.165) is 38.8 Å². The quantitative estimate of drug-likeness (QED) is 0.140. The minimum Gasteiger partial charge on any atom is -0.496 e. The van der Waals surface area contributed by atoms with Crippen LogP contribution in [0.1, 0.15) is 16.4 Å². The predicted molar refractivity (Wildman–Crippen MR) is 175 cm³/mol. The van der Waals surface area contributed by atoms with Crippen molar-refractivity contribution >= 4 is 68.7 Å². The summed E-state index contributed by atoms with van der Waals surface area (Å²) in [6, 6.07) is 25.5. The Balaban J connectivity index is 1.29. The number of rotatable bonds is 7. The lowest BCUT2D eigenvalue weighted by Gasteiger charge is -2.31. The van der Waals surface area contributed by atoms with Gasteiger partial charge < -0.3 is 10.1 Å². The lowest BCUT2D eigenvalue weighted by molar-refractivity contribution is -0.384. The van der Waals surface area contributed by atoms with Crippen LogP contribution in [0.25, 0.3) is 10.8 Å². The lowest BCUT2D eigenvalue weighted by Crippen LogP contribution is -2.33. The zero-order chi connectivity index (χ0) is 32.1. The van der Waals surface area contributed by atoms with Crippen molar-refractivity contribution in [2.75, 3.05) is 17.3 Å². The number of para-hydroxylation sites is 1. The van der Waals surface area contributed by atoms with Gasteiger partial charge in [-0.1, -0.05) is 77.7 Å². The molecule has 2 unspecified atom stereocenters. The van der Waals surface area contributed by atoms with Gasteiger partial charge in [0.1, 0.15) is 17.5 Å². The van der Waals surface area contributed by atoms with E-state index in [1.807, 2.05) is 36.4 Å². The standard InChI is InChI=1S/C33H24N4O7S2/c1-44-24-12-5-4-10-22(24)26-27-28(31(40)36(30(27)39)19-13-15-20(16-14-19)37(42)43)45-32-29(26)46-33(41)35(32)17-25(38)34-23-11-6-8-18-7-2-3-9-21(18)23/h2-16,26-28H,17H2,1H3,(H,34,38)/t26-,27?,28?/m1/s1. The number of carbonyl (C=O) groups excluding carboxylic acids is 3. The van der Waals surface area contributed by atoms with Crippen LogP contribution in [-0.4, -0.2) is 39.6 Å². The van der Waals surface area contributed by atoms with Gasteiger partial charge in [-0.2, -0.15) is 0 Å². The number of hydrogen-bond acceptors (Lipinski definition) is 9. The number of thiazole rings is 1. The smallest absolute Gasteiger partial charge is 0.308 e. The number of nitrogens with zero attached hydrogens (tertiary/aromatic N) is 3. The van der Waals surface area contributed by atoms with Crippen LogP contribution in [0.2, 0.25) is 0 Å². The number of amides is 3. The Hall–Kier alpha value is -5.27. The Morgan fingerprint density at radius 2 is 1.65 bits per heavy atom. The fourth-order valence-corrected chi connectivity index (χ4v) is 8.92. The number of nitro groups is 1. The van der Waals surface area contributed by atoms with Gasteiger partial charge in [-0.25, -0.2) is 4.90 Å². The zero-order valence-electron chi connectivity index (χ0n) is 24.1. The Labute approximate surface area is 269 Å². The molecule has 0 saturated carbocycles. The van der Waals surface area contributed by atoms with E-state index in [9.17, 15) is 29.3 Å². The fourth-order valence-electron chi connectivity index (χ4n) is 6.16. The SMILES string of the molecule is COc1ccccc1[C@H]1c2sc(=O)n(CC(=O)Nc3cccc4ccccc34)c2SC2C(=O)N(c3ccc([N+](=O)[O-])cc3)C(=O)C21. The second-order valence-electron chi connectivity index (χ2n) is 10.8. The fraction of sp³-hybridized carbons (Fsp3) is 0.152. The van der Waals surface area contributed by atoms with Gasteiger partial charge in [0.2, 0.25) is 17.7 Å². The minimum atomic E-state index is -0.925. The number of anilines is 2. The molecule has 1 aromatic heterocycles. The first-order chi connectivity index (χ1) is 22.3. The number of thioether (sulfide) groups is 1. The topological polar surface area (TPSA) is 141 Å². The number of methoxy groups -OCH3 is 1. The molecule has 230 valence electrons. The molecule has 3 atom stereocenters. The molecule has 3 amide bonds. The number of benzene rings is 4. The van der Waals surface area contributed by atoms with Crippen molar-refractivity contribution in [2.24, 2.45) is 5.92 Å². The van der Waals surface area contributed by atoms with E-state index >= 15 is 0 Å². The summed E-state index contributed by atoms with van der Waals surface area (Å²) in [5.74, 6) is -2.55. The summed E-state index contributed by atoms with van der Waals surface area (Å²) in [5.41, 5.74) is 1.27. The third kappa shape index (κ3) is 4.84. The highest BCUT2D eigenvalue weighted by Gasteiger charge is 2.57. The molecule has 11 nitrogen and oxygen atoms in total. The first-order valence-corrected chi connectivity index (χ1v) is 15.9. The Morgan fingerprint density at radius 1 is 0.935 bits per heavy atom. The zero-order valence-corrected chi connectivity index (χ0v) is 25.7. The van der Waals surface area contributed by atoms with E-state index in [2.05, 4.69) is 5.32 Å². The summed E-state index contributed by atoms with van der Waals surface area (Å²) in [7, 11) is 1.50. The molecule has 2 aliphatic heterocycles. The predicted octanol–water partition coefficient (Wildman–Crippen LogP) is 5.41. The number of aromatic nitrogens is 1. The second-order valence-corrected chi connectivity index (χ2v) is 12.9. The molecule has 1 fully saturated rings. The van der Waals surface area contributed by atoms with Crippen molar-refractivity contribution in [1.29, 1.82) is 0 Å². The third-order valence-electron chi connectivity index (χ3n) is 8.21. The monoisotopic (exact) mass is 652 g/mol. The molecule has 1 saturated heterocycles. The van der Waals surface area contributed by atoms with Gasteiger partial charge in [-0.3, -0.25) is 33.9 Å². The van der Waals surface area contributed by atoms with Crippen LogP contribution in [0.15, 0.2) is 101 Å². The Morgan fingerprint density at radius 3 is 2.41 bits per heavy atom. The van der Waals surface area contributed by atoms with E-state index in [-0.39, 0.29) is 17.9 Å². The molecule has 0 radical (unpaired) electrons. The van der Waals surface area contributed by atoms with Gasteiger partial charge >= 0.3 is 4.87 Å². The van der Waals surface area contributed by atoms with Crippen molar-refractivity contribution in [1.82, 2.24) is 4.57 Å². The van der Waals surface area contributed by atoms with Crippen LogP contribution < -0.4 is 19.8 Å². The second kappa shape index (κ2) is 11.6. The maximum Gasteiger partial charge on any atom is 0.308 e. The summed E-state index contributed by atoms with van der Waals surface area (Å²) < 4.78 is 7.01. The normalized spacial score (nSPS) is 18.7. The van der Waals surface area contributed by atoms with Crippen LogP contribution in [0, 0.1) is 16.0 Å². The van der Waals surface area contributed by atoms with E-state index < -0.39 is 44.6 Å². The van der Waals surface area contributed by atoms with Crippen molar-refractivity contribution in [2.45, 2.75) is 22.7 Å². The number of imide groups is 1. The largest absolute Gasteiger partial charge is 0.496 e. The highest BCUT2D eigenvalue weighted by atomic mass is 32.2. The molecule has 0 aliphatic carbocycles. The lowest BCUT2D eigenvalue weighted by atomic mass is 9.82. The molecule has 3 heterocycles. The maximum absolute atomic E-state index is 14.1. The van der Waals surface area contributed by atoms with Crippen molar-refractivity contribution in [3.05, 3.63) is 121 Å². The van der Waals surface area contributed by atoms with Crippen molar-refractivity contribution in [3.63, 3.8) is 0 Å². The average Bonchev–Trinajstić information content (AvgIpc) is 3.51. The molecular weight excluding hydrogens is 629 g/mol. The van der Waals surface area contributed by atoms with E-state index in [0.29, 0.717) is 26.9 Å². The van der Waals surface area contributed by atoms with E-state index in [1.165, 1.54) is 35.9 Å². The molecule has 0 bridgehead atoms. The summed E-state index contributed by atoms with van der Waals surface area (Å²) in [5, 5.41) is 15.4. The maximum atomic E-state index is 14.1. The Bertz CT molecular complexity index is 2120. The van der Waals surface area contributed by atoms with Gasteiger partial charge in [-0.15, -0.1) is 0 Å². The average molecular weight is 653 g/mol. The number of ether oxygens (including phenoxy) is 1. The van der Waals surface area contributed by atoms with Crippen LogP contribution in [0.5, 0.6) is 5.75 Å².